The van der Waals surface area contributed by atoms with Crippen molar-refractivity contribution in [3.63, 3.8) is 0 Å². The first-order valence-electron chi connectivity index (χ1n) is 36.2. The van der Waals surface area contributed by atoms with Gasteiger partial charge in [0.15, 0.2) is 23.3 Å². The Kier molecular flexibility index (Phi) is 35.9. The van der Waals surface area contributed by atoms with Gasteiger partial charge in [0.2, 0.25) is 21.8 Å². The number of hydrogen-bond acceptors (Lipinski definition) is 17. The number of likely N-dealkylation sites (tertiary alicyclic amines) is 1. The maximum Gasteiger partial charge on any atom is 0.306 e. The fourth-order valence-electron chi connectivity index (χ4n) is 15.0. The number of aliphatic carboxylic acids is 2. The minimum Gasteiger partial charge on any atom is -0.481 e. The van der Waals surface area contributed by atoms with Crippen LogP contribution in [0.15, 0.2) is 48.9 Å². The van der Waals surface area contributed by atoms with Crippen LogP contribution in [0.3, 0.4) is 0 Å². The molecule has 556 valence electrons. The Morgan fingerprint density at radius 3 is 1.40 bits per heavy atom. The number of esters is 1. The predicted octanol–water partition coefficient (Wildman–Crippen LogP) is 15.2. The number of carbonyl (C=O) groups excluding carboxylic acids is 6. The third kappa shape index (κ3) is 30.4. The second kappa shape index (κ2) is 43.5. The monoisotopic (exact) mass is 1470 g/mol. The van der Waals surface area contributed by atoms with Crippen LogP contribution in [0.5, 0.6) is 0 Å². The summed E-state index contributed by atoms with van der Waals surface area (Å²) in [5.41, 5.74) is 7.36. The first-order valence-corrected chi connectivity index (χ1v) is 37.3. The number of carbonyl (C=O) groups is 8. The van der Waals surface area contributed by atoms with Crippen LogP contribution in [0.2, 0.25) is 15.9 Å². The second-order valence-corrected chi connectivity index (χ2v) is 29.6. The Hall–Kier alpha value is -6.56. The van der Waals surface area contributed by atoms with Crippen molar-refractivity contribution in [3.8, 4) is 0 Å². The molecule has 4 heterocycles. The van der Waals surface area contributed by atoms with Crippen LogP contribution in [0.25, 0.3) is 0 Å². The van der Waals surface area contributed by atoms with Gasteiger partial charge < -0.3 is 30.9 Å². The van der Waals surface area contributed by atoms with Crippen molar-refractivity contribution in [1.29, 1.82) is 0 Å². The standard InChI is InChI=1S/C17H22O3.C16H22ClFN4O.C13H16ClFN2O.C12H14ClFN2O2.C9H14O3.C8H15NO/c1-13(18)16-9-5-8-15(10-16)11-17(19)20-12-14-6-3-2-4-7-14;17-16-19-10-13(18)15(21-16)20-12-5-3-4-11(8-12)9-14(23)22-6-1-2-7-22;1-8(18)10-4-2-3-9(5-10)6-12-11(15)7-16-13(14)17-12;13-12-15-6-9(14)10(16-12)5-7-2-1-3-8(4-7)11(17)18;1-6(10)7-3-2-4-8(5-7)9(11)12;1-6(10)7-3-2-4-8(9)5-7/h2-4,6-7,15-16H,5,8-12H2,1H3;10-12H,1-9H2,(H,19,20,21);7,9-10H,2-6H2,1H3;6-8H,1-5H2,(H,17,18);7-8H,2-5H2,1H3,(H,11,12);7-8H,2-5,9H2,1H3/t15-,16+;11?,12-;9-,10+;3*7-,8+/m000011/s1. The molecule has 26 heteroatoms. The Bertz CT molecular complexity index is 3240. The fourth-order valence-corrected chi connectivity index (χ4v) is 15.4. The van der Waals surface area contributed by atoms with E-state index in [1.807, 2.05) is 35.2 Å². The van der Waals surface area contributed by atoms with E-state index in [2.05, 4.69) is 35.2 Å². The van der Waals surface area contributed by atoms with E-state index in [1.165, 1.54) is 0 Å². The van der Waals surface area contributed by atoms with Crippen molar-refractivity contribution in [3.05, 3.63) is 99.2 Å². The van der Waals surface area contributed by atoms with Crippen LogP contribution in [0, 0.1) is 76.6 Å². The smallest absolute Gasteiger partial charge is 0.306 e. The molecule has 5 N–H and O–H groups in total. The quantitative estimate of drug-likeness (QED) is 0.0531. The first-order chi connectivity index (χ1) is 48.2. The number of nitrogens with zero attached hydrogens (tertiary/aromatic N) is 7. The van der Waals surface area contributed by atoms with Crippen molar-refractivity contribution < 1.29 is 66.5 Å². The third-order valence-corrected chi connectivity index (χ3v) is 21.3. The molecular weight excluding hydrogens is 1370 g/mol. The summed E-state index contributed by atoms with van der Waals surface area (Å²) >= 11 is 17.0. The zero-order valence-electron chi connectivity index (χ0n) is 58.9. The van der Waals surface area contributed by atoms with Gasteiger partial charge in [-0.15, -0.1) is 0 Å². The molecule has 12 atom stereocenters. The van der Waals surface area contributed by atoms with Gasteiger partial charge in [-0.2, -0.15) is 4.98 Å². The number of nitrogens with two attached hydrogens (primary N) is 1. The van der Waals surface area contributed by atoms with Crippen LogP contribution in [-0.4, -0.2) is 117 Å². The molecule has 7 aliphatic rings. The number of ketones is 4. The lowest BCUT2D eigenvalue weighted by atomic mass is 9.78. The summed E-state index contributed by atoms with van der Waals surface area (Å²) in [6, 6.07) is 10.1. The van der Waals surface area contributed by atoms with Crippen molar-refractivity contribution in [2.24, 2.45) is 64.9 Å². The van der Waals surface area contributed by atoms with E-state index in [1.54, 1.807) is 27.7 Å². The van der Waals surface area contributed by atoms with Crippen molar-refractivity contribution in [2.75, 3.05) is 18.4 Å². The molecule has 3 aromatic heterocycles. The zero-order chi connectivity index (χ0) is 73.5. The fraction of sp³-hybridized carbons (Fsp3) is 0.653. The highest BCUT2D eigenvalue weighted by molar-refractivity contribution is 6.28. The Morgan fingerprint density at radius 1 is 0.495 bits per heavy atom. The normalized spacial score (nSPS) is 25.4. The van der Waals surface area contributed by atoms with E-state index in [0.29, 0.717) is 80.8 Å². The number of carboxylic acid groups (broad SMARTS) is 2. The van der Waals surface area contributed by atoms with E-state index in [4.69, 9.17) is 55.5 Å². The summed E-state index contributed by atoms with van der Waals surface area (Å²) in [5, 5.41) is 21.0. The largest absolute Gasteiger partial charge is 0.481 e. The van der Waals surface area contributed by atoms with Crippen molar-refractivity contribution >= 4 is 87.6 Å². The summed E-state index contributed by atoms with van der Waals surface area (Å²) in [4.78, 5) is 115. The maximum absolute atomic E-state index is 13.7. The van der Waals surface area contributed by atoms with Gasteiger partial charge in [-0.1, -0.05) is 81.7 Å². The number of halogens is 6. The molecule has 6 aliphatic carbocycles. The molecule has 1 unspecified atom stereocenters. The van der Waals surface area contributed by atoms with Crippen molar-refractivity contribution in [2.45, 2.75) is 239 Å². The van der Waals surface area contributed by atoms with E-state index in [0.717, 1.165) is 185 Å². The molecule has 6 saturated carbocycles. The van der Waals surface area contributed by atoms with Crippen LogP contribution >= 0.6 is 34.8 Å². The van der Waals surface area contributed by atoms with Gasteiger partial charge in [0.1, 0.15) is 29.7 Å². The molecule has 0 bridgehead atoms. The minimum atomic E-state index is -0.763. The molecular formula is C75H103Cl3F3N9O11. The molecule has 1 aliphatic heterocycles. The average Bonchev–Trinajstić information content (AvgIpc) is 1.39. The zero-order valence-corrected chi connectivity index (χ0v) is 61.2. The Labute approximate surface area is 607 Å². The molecule has 1 aromatic carbocycles. The van der Waals surface area contributed by atoms with Gasteiger partial charge in [0, 0.05) is 61.7 Å². The number of benzene rings is 1. The molecule has 7 fully saturated rings. The number of ether oxygens (including phenoxy) is 1. The number of rotatable bonds is 18. The maximum atomic E-state index is 13.7. The highest BCUT2D eigenvalue weighted by Crippen LogP contribution is 2.36. The lowest BCUT2D eigenvalue weighted by Crippen LogP contribution is -2.33. The Morgan fingerprint density at radius 2 is 0.901 bits per heavy atom. The second-order valence-electron chi connectivity index (χ2n) is 28.6. The van der Waals surface area contributed by atoms with Gasteiger partial charge in [0.25, 0.3) is 0 Å². The number of aromatic nitrogens is 6. The summed E-state index contributed by atoms with van der Waals surface area (Å²) in [7, 11) is 0. The van der Waals surface area contributed by atoms with E-state index in [-0.39, 0.29) is 110 Å². The third-order valence-electron chi connectivity index (χ3n) is 20.7. The molecule has 11 rings (SSSR count). The van der Waals surface area contributed by atoms with Gasteiger partial charge in [-0.05, 0) is 220 Å². The highest BCUT2D eigenvalue weighted by Gasteiger charge is 2.33. The molecule has 1 saturated heterocycles. The summed E-state index contributed by atoms with van der Waals surface area (Å²) in [6.45, 7) is 8.64. The number of Topliss-reactive ketones (excluding diaryl/α,β-unsaturated/α-hetero) is 4. The SMILES string of the molecule is CC(=O)[C@@H]1CCC[C@H](C(=O)O)C1.CC(=O)[C@@H]1CCC[C@H](CC(=O)OCc2ccccc2)C1.CC(=O)[C@@H]1CCC[C@H](Cc2nc(Cl)ncc2F)C1.CC(=O)[C@@H]1CCC[C@H](N)C1.O=C(CC1CCC[C@H](Nc2nc(Cl)ncc2F)C1)N1CCCC1.O=C(O)[C@@H]1CCC[C@H](Cc2nc(Cl)ncc2F)C1. The molecule has 0 spiro atoms. The summed E-state index contributed by atoms with van der Waals surface area (Å²) < 4.78 is 46.0. The molecule has 1 amide bonds. The predicted molar refractivity (Wildman–Crippen MR) is 379 cm³/mol. The van der Waals surface area contributed by atoms with Gasteiger partial charge >= 0.3 is 17.9 Å². The number of nitrogens with one attached hydrogen (secondary N) is 1. The number of hydrogen-bond donors (Lipinski definition) is 4. The van der Waals surface area contributed by atoms with Gasteiger partial charge in [-0.3, -0.25) is 38.4 Å². The first kappa shape index (κ1) is 83.4. The van der Waals surface area contributed by atoms with Crippen LogP contribution in [0.1, 0.15) is 224 Å². The lowest BCUT2D eigenvalue weighted by molar-refractivity contribution is -0.147. The van der Waals surface area contributed by atoms with Crippen molar-refractivity contribution in [1.82, 2.24) is 34.8 Å². The van der Waals surface area contributed by atoms with Gasteiger partial charge in [-0.25, -0.2) is 38.1 Å². The lowest BCUT2D eigenvalue weighted by Gasteiger charge is -2.30. The summed E-state index contributed by atoms with van der Waals surface area (Å²) in [5.74, 6) is -0.602. The van der Waals surface area contributed by atoms with Crippen LogP contribution in [0.4, 0.5) is 19.0 Å². The van der Waals surface area contributed by atoms with Gasteiger partial charge in [0.05, 0.1) is 41.8 Å². The molecule has 20 nitrogen and oxygen atoms in total. The number of amides is 1. The number of carboxylic acids is 2. The summed E-state index contributed by atoms with van der Waals surface area (Å²) in [6.07, 6.45) is 29.4. The van der Waals surface area contributed by atoms with E-state index in [9.17, 15) is 51.5 Å². The van der Waals surface area contributed by atoms with Crippen LogP contribution < -0.4 is 11.1 Å². The number of anilines is 1. The molecule has 101 heavy (non-hydrogen) atoms. The minimum absolute atomic E-state index is 0.000139. The Balaban J connectivity index is 0.000000194. The van der Waals surface area contributed by atoms with Crippen LogP contribution in [-0.2, 0) is 62.5 Å². The molecule has 4 aromatic rings. The van der Waals surface area contributed by atoms with E-state index >= 15 is 0 Å². The van der Waals surface area contributed by atoms with E-state index < -0.39 is 29.4 Å². The topological polar surface area (TPSA) is 305 Å². The molecule has 0 radical (unpaired) electrons. The average molecular weight is 1470 g/mol. The highest BCUT2D eigenvalue weighted by atomic mass is 35.5.